The second kappa shape index (κ2) is 4.17. The van der Waals surface area contributed by atoms with Gasteiger partial charge in [-0.05, 0) is 18.1 Å². The molecule has 2 rings (SSSR count). The maximum Gasteiger partial charge on any atom is 0.122 e. The van der Waals surface area contributed by atoms with Gasteiger partial charge in [0.05, 0.1) is 12.2 Å². The van der Waals surface area contributed by atoms with E-state index in [1.54, 1.807) is 6.20 Å². The minimum Gasteiger partial charge on any atom is -0.384 e. The van der Waals surface area contributed by atoms with Crippen LogP contribution in [0.1, 0.15) is 24.9 Å². The van der Waals surface area contributed by atoms with E-state index < -0.39 is 0 Å². The second-order valence-corrected chi connectivity index (χ2v) is 3.54. The molecule has 0 aliphatic rings. The van der Waals surface area contributed by atoms with E-state index in [-0.39, 0.29) is 6.04 Å². The van der Waals surface area contributed by atoms with Gasteiger partial charge in [-0.1, -0.05) is 37.3 Å². The van der Waals surface area contributed by atoms with Gasteiger partial charge in [0, 0.05) is 0 Å². The summed E-state index contributed by atoms with van der Waals surface area (Å²) in [6.45, 7) is 2.14. The summed E-state index contributed by atoms with van der Waals surface area (Å²) in [7, 11) is 0. The van der Waals surface area contributed by atoms with E-state index in [0.29, 0.717) is 5.82 Å². The molecule has 0 saturated carbocycles. The largest absolute Gasteiger partial charge is 0.384 e. The van der Waals surface area contributed by atoms with Crippen molar-refractivity contribution in [2.75, 3.05) is 5.73 Å². The van der Waals surface area contributed by atoms with Crippen LogP contribution in [-0.4, -0.2) is 9.78 Å². The standard InChI is InChI=1S/C12H15N3/c1-2-11(10-6-4-3-5-7-10)15-12(13)8-9-14-15/h3-9,11H,2,13H2,1H3/t11-/m0/s1. The lowest BCUT2D eigenvalue weighted by Crippen LogP contribution is -2.13. The molecule has 0 radical (unpaired) electrons. The summed E-state index contributed by atoms with van der Waals surface area (Å²) in [5, 5.41) is 4.25. The number of rotatable bonds is 3. The third-order valence-corrected chi connectivity index (χ3v) is 2.57. The zero-order valence-electron chi connectivity index (χ0n) is 8.80. The Kier molecular flexibility index (Phi) is 2.72. The summed E-state index contributed by atoms with van der Waals surface area (Å²) in [6, 6.07) is 12.4. The summed E-state index contributed by atoms with van der Waals surface area (Å²) in [4.78, 5) is 0. The Morgan fingerprint density at radius 1 is 1.27 bits per heavy atom. The van der Waals surface area contributed by atoms with Gasteiger partial charge >= 0.3 is 0 Å². The molecule has 0 bridgehead atoms. The van der Waals surface area contributed by atoms with Crippen LogP contribution in [0.4, 0.5) is 5.82 Å². The molecule has 0 amide bonds. The second-order valence-electron chi connectivity index (χ2n) is 3.54. The van der Waals surface area contributed by atoms with Gasteiger partial charge in [0.1, 0.15) is 5.82 Å². The first-order valence-corrected chi connectivity index (χ1v) is 5.17. The molecule has 0 saturated heterocycles. The van der Waals surface area contributed by atoms with Crippen LogP contribution in [0.25, 0.3) is 0 Å². The van der Waals surface area contributed by atoms with Crippen molar-refractivity contribution in [3.63, 3.8) is 0 Å². The van der Waals surface area contributed by atoms with Crippen LogP contribution >= 0.6 is 0 Å². The Labute approximate surface area is 89.5 Å². The van der Waals surface area contributed by atoms with Crippen molar-refractivity contribution in [1.29, 1.82) is 0 Å². The van der Waals surface area contributed by atoms with Gasteiger partial charge in [-0.3, -0.25) is 0 Å². The van der Waals surface area contributed by atoms with Crippen molar-refractivity contribution >= 4 is 5.82 Å². The smallest absolute Gasteiger partial charge is 0.122 e. The normalized spacial score (nSPS) is 12.6. The Balaban J connectivity index is 2.37. The van der Waals surface area contributed by atoms with Crippen molar-refractivity contribution in [2.24, 2.45) is 0 Å². The molecule has 0 aliphatic heterocycles. The van der Waals surface area contributed by atoms with E-state index in [4.69, 9.17) is 5.73 Å². The van der Waals surface area contributed by atoms with Crippen LogP contribution in [0.2, 0.25) is 0 Å². The van der Waals surface area contributed by atoms with Crippen molar-refractivity contribution in [3.05, 3.63) is 48.2 Å². The molecule has 2 N–H and O–H groups in total. The molecule has 0 spiro atoms. The number of nitrogen functional groups attached to an aromatic ring is 1. The monoisotopic (exact) mass is 201 g/mol. The average Bonchev–Trinajstić information content (AvgIpc) is 2.68. The molecule has 0 unspecified atom stereocenters. The molecule has 3 heteroatoms. The lowest BCUT2D eigenvalue weighted by Gasteiger charge is -2.17. The highest BCUT2D eigenvalue weighted by Gasteiger charge is 2.13. The van der Waals surface area contributed by atoms with Gasteiger partial charge in [0.2, 0.25) is 0 Å². The van der Waals surface area contributed by atoms with Crippen molar-refractivity contribution in [1.82, 2.24) is 9.78 Å². The molecule has 0 aliphatic carbocycles. The minimum atomic E-state index is 0.237. The fourth-order valence-corrected chi connectivity index (χ4v) is 1.81. The first kappa shape index (κ1) is 9.77. The number of aromatic nitrogens is 2. The van der Waals surface area contributed by atoms with Crippen LogP contribution in [0.5, 0.6) is 0 Å². The molecule has 1 aromatic heterocycles. The lowest BCUT2D eigenvalue weighted by atomic mass is 10.1. The average molecular weight is 201 g/mol. The Morgan fingerprint density at radius 2 is 2.00 bits per heavy atom. The predicted octanol–water partition coefficient (Wildman–Crippen LogP) is 2.46. The van der Waals surface area contributed by atoms with Crippen LogP contribution < -0.4 is 5.73 Å². The van der Waals surface area contributed by atoms with Gasteiger partial charge in [0.25, 0.3) is 0 Å². The fraction of sp³-hybridized carbons (Fsp3) is 0.250. The van der Waals surface area contributed by atoms with Crippen molar-refractivity contribution in [3.8, 4) is 0 Å². The number of anilines is 1. The fourth-order valence-electron chi connectivity index (χ4n) is 1.81. The molecule has 1 atom stereocenters. The molecule has 3 nitrogen and oxygen atoms in total. The van der Waals surface area contributed by atoms with E-state index in [0.717, 1.165) is 6.42 Å². The molecule has 78 valence electrons. The zero-order chi connectivity index (χ0) is 10.7. The number of hydrogen-bond acceptors (Lipinski definition) is 2. The molecular formula is C12H15N3. The maximum absolute atomic E-state index is 5.85. The van der Waals surface area contributed by atoms with E-state index in [1.807, 2.05) is 28.9 Å². The zero-order valence-corrected chi connectivity index (χ0v) is 8.80. The first-order chi connectivity index (χ1) is 7.33. The van der Waals surface area contributed by atoms with Gasteiger partial charge in [0.15, 0.2) is 0 Å². The molecule has 15 heavy (non-hydrogen) atoms. The third-order valence-electron chi connectivity index (χ3n) is 2.57. The van der Waals surface area contributed by atoms with Crippen LogP contribution in [0.15, 0.2) is 42.6 Å². The number of benzene rings is 1. The van der Waals surface area contributed by atoms with Gasteiger partial charge in [-0.2, -0.15) is 5.10 Å². The molecular weight excluding hydrogens is 186 g/mol. The summed E-state index contributed by atoms with van der Waals surface area (Å²) >= 11 is 0. The molecule has 1 heterocycles. The van der Waals surface area contributed by atoms with E-state index >= 15 is 0 Å². The molecule has 0 fully saturated rings. The van der Waals surface area contributed by atoms with Gasteiger partial charge < -0.3 is 5.73 Å². The lowest BCUT2D eigenvalue weighted by molar-refractivity contribution is 0.516. The maximum atomic E-state index is 5.85. The van der Waals surface area contributed by atoms with Crippen LogP contribution in [0.3, 0.4) is 0 Å². The van der Waals surface area contributed by atoms with Gasteiger partial charge in [-0.15, -0.1) is 0 Å². The number of nitrogens with two attached hydrogens (primary N) is 1. The SMILES string of the molecule is CC[C@@H](c1ccccc1)n1nccc1N. The third kappa shape index (κ3) is 1.86. The van der Waals surface area contributed by atoms with E-state index in [2.05, 4.69) is 24.2 Å². The van der Waals surface area contributed by atoms with Gasteiger partial charge in [-0.25, -0.2) is 4.68 Å². The quantitative estimate of drug-likeness (QED) is 0.829. The summed E-state index contributed by atoms with van der Waals surface area (Å²) in [6.07, 6.45) is 2.72. The molecule has 1 aromatic carbocycles. The van der Waals surface area contributed by atoms with Crippen LogP contribution in [0, 0.1) is 0 Å². The van der Waals surface area contributed by atoms with Crippen LogP contribution in [-0.2, 0) is 0 Å². The number of hydrogen-bond donors (Lipinski definition) is 1. The predicted molar refractivity (Wildman–Crippen MR) is 61.5 cm³/mol. The highest BCUT2D eigenvalue weighted by Crippen LogP contribution is 2.23. The first-order valence-electron chi connectivity index (χ1n) is 5.17. The summed E-state index contributed by atoms with van der Waals surface area (Å²) in [5.41, 5.74) is 7.10. The summed E-state index contributed by atoms with van der Waals surface area (Å²) < 4.78 is 1.87. The summed E-state index contributed by atoms with van der Waals surface area (Å²) in [5.74, 6) is 0.714. The topological polar surface area (TPSA) is 43.8 Å². The Bertz CT molecular complexity index is 419. The highest BCUT2D eigenvalue weighted by atomic mass is 15.3. The van der Waals surface area contributed by atoms with E-state index in [1.165, 1.54) is 5.56 Å². The Hall–Kier alpha value is -1.77. The molecule has 2 aromatic rings. The highest BCUT2D eigenvalue weighted by molar-refractivity contribution is 5.30. The van der Waals surface area contributed by atoms with E-state index in [9.17, 15) is 0 Å². The Morgan fingerprint density at radius 3 is 2.53 bits per heavy atom. The van der Waals surface area contributed by atoms with Crippen molar-refractivity contribution < 1.29 is 0 Å². The number of nitrogens with zero attached hydrogens (tertiary/aromatic N) is 2. The minimum absolute atomic E-state index is 0.237. The van der Waals surface area contributed by atoms with Crippen molar-refractivity contribution in [2.45, 2.75) is 19.4 Å².